The number of aryl methyl sites for hydroxylation is 1. The molecule has 0 aromatic heterocycles. The van der Waals surface area contributed by atoms with Crippen molar-refractivity contribution in [3.05, 3.63) is 60.2 Å². The number of hydrogen-bond acceptors (Lipinski definition) is 3. The van der Waals surface area contributed by atoms with E-state index in [-0.39, 0.29) is 11.4 Å². The summed E-state index contributed by atoms with van der Waals surface area (Å²) in [6.45, 7) is 3.97. The molecule has 0 aliphatic heterocycles. The van der Waals surface area contributed by atoms with E-state index in [9.17, 15) is 13.5 Å². The number of sulfonamides is 1. The number of benzene rings is 2. The zero-order valence-corrected chi connectivity index (χ0v) is 15.0. The Morgan fingerprint density at radius 1 is 1.00 bits per heavy atom. The average Bonchev–Trinajstić information content (AvgIpc) is 2.60. The first-order valence-electron chi connectivity index (χ1n) is 8.33. The molecule has 4 nitrogen and oxygen atoms in total. The summed E-state index contributed by atoms with van der Waals surface area (Å²) in [7, 11) is -3.72. The van der Waals surface area contributed by atoms with Crippen LogP contribution >= 0.6 is 0 Å². The maximum atomic E-state index is 13.1. The third-order valence-corrected chi connectivity index (χ3v) is 5.75. The highest BCUT2D eigenvalue weighted by atomic mass is 32.2. The fraction of sp³-hybridized carbons (Fsp3) is 0.368. The van der Waals surface area contributed by atoms with Crippen molar-refractivity contribution in [2.45, 2.75) is 44.1 Å². The van der Waals surface area contributed by atoms with Crippen LogP contribution in [0, 0.1) is 0 Å². The molecular weight excluding hydrogens is 322 g/mol. The van der Waals surface area contributed by atoms with Crippen molar-refractivity contribution < 1.29 is 13.5 Å². The van der Waals surface area contributed by atoms with Crippen LogP contribution in [0.1, 0.15) is 32.3 Å². The first-order chi connectivity index (χ1) is 11.5. The second-order valence-electron chi connectivity index (χ2n) is 5.83. The van der Waals surface area contributed by atoms with E-state index in [0.29, 0.717) is 12.1 Å². The van der Waals surface area contributed by atoms with E-state index in [0.717, 1.165) is 18.4 Å². The summed E-state index contributed by atoms with van der Waals surface area (Å²) in [6.07, 6.45) is 1.73. The van der Waals surface area contributed by atoms with Crippen LogP contribution in [0.15, 0.2) is 59.5 Å². The van der Waals surface area contributed by atoms with Gasteiger partial charge >= 0.3 is 0 Å². The highest BCUT2D eigenvalue weighted by Crippen LogP contribution is 2.24. The second kappa shape index (κ2) is 8.31. The Kier molecular flexibility index (Phi) is 6.40. The number of hydrogen-bond donors (Lipinski definition) is 1. The van der Waals surface area contributed by atoms with E-state index in [4.69, 9.17) is 0 Å². The van der Waals surface area contributed by atoms with Crippen LogP contribution in [-0.2, 0) is 16.4 Å². The van der Waals surface area contributed by atoms with Gasteiger partial charge in [0.2, 0.25) is 0 Å². The quantitative estimate of drug-likeness (QED) is 0.794. The molecule has 0 radical (unpaired) electrons. The Bertz CT molecular complexity index is 727. The lowest BCUT2D eigenvalue weighted by Gasteiger charge is -2.26. The zero-order chi connectivity index (χ0) is 17.6. The van der Waals surface area contributed by atoms with Crippen LogP contribution in [0.4, 0.5) is 5.69 Å². The fourth-order valence-corrected chi connectivity index (χ4v) is 4.00. The number of aliphatic hydroxyl groups excluding tert-OH is 1. The summed E-state index contributed by atoms with van der Waals surface area (Å²) < 4.78 is 27.4. The van der Waals surface area contributed by atoms with Gasteiger partial charge in [0.25, 0.3) is 10.0 Å². The molecule has 1 N–H and O–H groups in total. The fourth-order valence-electron chi connectivity index (χ4n) is 2.50. The first kappa shape index (κ1) is 18.5. The highest BCUT2D eigenvalue weighted by Gasteiger charge is 2.26. The number of para-hydroxylation sites is 1. The summed E-state index contributed by atoms with van der Waals surface area (Å²) in [5.74, 6) is 0. The van der Waals surface area contributed by atoms with Crippen molar-refractivity contribution in [3.63, 3.8) is 0 Å². The molecule has 2 rings (SSSR count). The normalized spacial score (nSPS) is 12.8. The number of anilines is 1. The van der Waals surface area contributed by atoms with E-state index in [2.05, 4.69) is 6.92 Å². The summed E-state index contributed by atoms with van der Waals surface area (Å²) in [6, 6.07) is 15.9. The largest absolute Gasteiger partial charge is 0.391 e. The minimum absolute atomic E-state index is 0.0412. The van der Waals surface area contributed by atoms with Crippen LogP contribution in [0.25, 0.3) is 0 Å². The Hall–Kier alpha value is -1.85. The first-order valence-corrected chi connectivity index (χ1v) is 9.77. The summed E-state index contributed by atoms with van der Waals surface area (Å²) in [4.78, 5) is 0.245. The predicted molar refractivity (Wildman–Crippen MR) is 97.7 cm³/mol. The van der Waals surface area contributed by atoms with E-state index >= 15 is 0 Å². The molecule has 1 atom stereocenters. The molecule has 2 aromatic carbocycles. The monoisotopic (exact) mass is 347 g/mol. The van der Waals surface area contributed by atoms with Crippen LogP contribution in [0.2, 0.25) is 0 Å². The Morgan fingerprint density at radius 2 is 1.62 bits per heavy atom. The predicted octanol–water partition coefficient (Wildman–Crippen LogP) is 3.61. The van der Waals surface area contributed by atoms with Crippen molar-refractivity contribution in [3.8, 4) is 0 Å². The minimum atomic E-state index is -3.72. The van der Waals surface area contributed by atoms with Crippen molar-refractivity contribution in [2.75, 3.05) is 10.8 Å². The number of nitrogens with zero attached hydrogens (tertiary/aromatic N) is 1. The number of aliphatic hydroxyl groups is 1. The van der Waals surface area contributed by atoms with E-state index < -0.39 is 16.1 Å². The summed E-state index contributed by atoms with van der Waals surface area (Å²) >= 11 is 0. The lowest BCUT2D eigenvalue weighted by molar-refractivity contribution is 0.179. The molecule has 0 fully saturated rings. The Labute approximate surface area is 144 Å². The van der Waals surface area contributed by atoms with Crippen molar-refractivity contribution >= 4 is 15.7 Å². The molecule has 5 heteroatoms. The van der Waals surface area contributed by atoms with Gasteiger partial charge < -0.3 is 5.11 Å². The van der Waals surface area contributed by atoms with Crippen molar-refractivity contribution in [1.82, 2.24) is 0 Å². The lowest BCUT2D eigenvalue weighted by atomic mass is 10.1. The molecule has 0 amide bonds. The smallest absolute Gasteiger partial charge is 0.264 e. The van der Waals surface area contributed by atoms with Gasteiger partial charge in [-0.25, -0.2) is 8.42 Å². The molecule has 0 saturated heterocycles. The summed E-state index contributed by atoms with van der Waals surface area (Å²) in [5.41, 5.74) is 1.68. The van der Waals surface area contributed by atoms with Gasteiger partial charge in [0, 0.05) is 0 Å². The number of rotatable bonds is 8. The van der Waals surface area contributed by atoms with Crippen LogP contribution in [0.3, 0.4) is 0 Å². The van der Waals surface area contributed by atoms with Crippen molar-refractivity contribution in [1.29, 1.82) is 0 Å². The van der Waals surface area contributed by atoms with E-state index in [1.54, 1.807) is 36.4 Å². The molecule has 2 aromatic rings. The molecule has 0 spiro atoms. The lowest BCUT2D eigenvalue weighted by Crippen LogP contribution is -2.37. The van der Waals surface area contributed by atoms with Gasteiger partial charge in [-0.15, -0.1) is 0 Å². The minimum Gasteiger partial charge on any atom is -0.391 e. The van der Waals surface area contributed by atoms with E-state index in [1.165, 1.54) is 4.31 Å². The maximum Gasteiger partial charge on any atom is 0.264 e. The van der Waals surface area contributed by atoms with Gasteiger partial charge in [0.05, 0.1) is 23.2 Å². The standard InChI is InChI=1S/C19H25NO3S/c1-3-8-16-11-13-19(14-12-16)24(22,23)20(15-18(21)4-2)17-9-6-5-7-10-17/h5-7,9-14,18,21H,3-4,8,15H2,1-2H3/t18-/m1/s1. The topological polar surface area (TPSA) is 57.6 Å². The van der Waals surface area contributed by atoms with Crippen LogP contribution in [-0.4, -0.2) is 26.2 Å². The van der Waals surface area contributed by atoms with Gasteiger partial charge in [-0.2, -0.15) is 0 Å². The summed E-state index contributed by atoms with van der Waals surface area (Å²) in [5, 5.41) is 10.0. The zero-order valence-electron chi connectivity index (χ0n) is 14.2. The molecule has 0 heterocycles. The third-order valence-electron chi connectivity index (χ3n) is 3.94. The highest BCUT2D eigenvalue weighted by molar-refractivity contribution is 7.92. The SMILES string of the molecule is CCCc1ccc(S(=O)(=O)N(C[C@H](O)CC)c2ccccc2)cc1. The van der Waals surface area contributed by atoms with Crippen molar-refractivity contribution in [2.24, 2.45) is 0 Å². The third kappa shape index (κ3) is 4.36. The molecule has 0 unspecified atom stereocenters. The van der Waals surface area contributed by atoms with Crippen LogP contribution < -0.4 is 4.31 Å². The molecule has 130 valence electrons. The Balaban J connectivity index is 2.39. The molecule has 0 bridgehead atoms. The molecular formula is C19H25NO3S. The van der Waals surface area contributed by atoms with Gasteiger partial charge in [-0.1, -0.05) is 50.6 Å². The van der Waals surface area contributed by atoms with Gasteiger partial charge in [-0.3, -0.25) is 4.31 Å². The molecule has 24 heavy (non-hydrogen) atoms. The van der Waals surface area contributed by atoms with E-state index in [1.807, 2.05) is 25.1 Å². The molecule has 0 saturated carbocycles. The Morgan fingerprint density at radius 3 is 2.17 bits per heavy atom. The van der Waals surface area contributed by atoms with Gasteiger partial charge in [0.15, 0.2) is 0 Å². The van der Waals surface area contributed by atoms with Gasteiger partial charge in [0.1, 0.15) is 0 Å². The average molecular weight is 347 g/mol. The molecule has 0 aliphatic carbocycles. The van der Waals surface area contributed by atoms with Gasteiger partial charge in [-0.05, 0) is 42.7 Å². The van der Waals surface area contributed by atoms with Crippen LogP contribution in [0.5, 0.6) is 0 Å². The second-order valence-corrected chi connectivity index (χ2v) is 7.69. The molecule has 0 aliphatic rings. The maximum absolute atomic E-state index is 13.1.